The minimum Gasteiger partial charge on any atom is -0.439 e. The monoisotopic (exact) mass is 357 g/mol. The Kier molecular flexibility index (Phi) is 4.55. The second kappa shape index (κ2) is 6.98. The molecule has 0 amide bonds. The van der Waals surface area contributed by atoms with Crippen molar-refractivity contribution in [2.45, 2.75) is 25.3 Å². The predicted octanol–water partition coefficient (Wildman–Crippen LogP) is 3.50. The molecule has 130 valence electrons. The summed E-state index contributed by atoms with van der Waals surface area (Å²) in [6.45, 7) is 2.69. The van der Waals surface area contributed by atoms with Crippen molar-refractivity contribution < 1.29 is 4.42 Å². The smallest absolute Gasteiger partial charge is 0.209 e. The second-order valence-corrected chi connectivity index (χ2v) is 6.94. The summed E-state index contributed by atoms with van der Waals surface area (Å²) >= 11 is 6.05. The van der Waals surface area contributed by atoms with Gasteiger partial charge in [0.2, 0.25) is 5.89 Å². The number of benzene rings is 1. The Hall–Kier alpha value is -2.18. The van der Waals surface area contributed by atoms with Gasteiger partial charge in [0.25, 0.3) is 0 Å². The van der Waals surface area contributed by atoms with Crippen LogP contribution in [0.2, 0.25) is 5.02 Å². The van der Waals surface area contributed by atoms with E-state index in [1.165, 1.54) is 0 Å². The van der Waals surface area contributed by atoms with Crippen LogP contribution in [0.25, 0.3) is 11.3 Å². The van der Waals surface area contributed by atoms with Gasteiger partial charge in [0.1, 0.15) is 12.2 Å². The normalized spacial score (nSPS) is 18.6. The van der Waals surface area contributed by atoms with Crippen LogP contribution in [0.3, 0.4) is 0 Å². The van der Waals surface area contributed by atoms with Crippen LogP contribution in [0, 0.1) is 0 Å². The van der Waals surface area contributed by atoms with E-state index in [0.29, 0.717) is 17.5 Å². The fraction of sp³-hybridized carbons (Fsp3) is 0.389. The molecular formula is C18H20ClN5O. The van der Waals surface area contributed by atoms with E-state index in [1.807, 2.05) is 35.9 Å². The molecule has 3 heterocycles. The quantitative estimate of drug-likeness (QED) is 0.715. The van der Waals surface area contributed by atoms with E-state index in [2.05, 4.69) is 20.1 Å². The third kappa shape index (κ3) is 3.60. The zero-order valence-electron chi connectivity index (χ0n) is 14.1. The molecule has 0 N–H and O–H groups in total. The van der Waals surface area contributed by atoms with E-state index >= 15 is 0 Å². The van der Waals surface area contributed by atoms with Crippen LogP contribution >= 0.6 is 11.6 Å². The van der Waals surface area contributed by atoms with E-state index < -0.39 is 0 Å². The molecule has 25 heavy (non-hydrogen) atoms. The van der Waals surface area contributed by atoms with Gasteiger partial charge in [-0.25, -0.2) is 4.98 Å². The largest absolute Gasteiger partial charge is 0.439 e. The molecule has 1 saturated heterocycles. The molecule has 0 radical (unpaired) electrons. The number of aromatic nitrogens is 4. The van der Waals surface area contributed by atoms with Gasteiger partial charge in [-0.3, -0.25) is 4.90 Å². The number of aryl methyl sites for hydroxylation is 1. The van der Waals surface area contributed by atoms with Crippen molar-refractivity contribution in [2.24, 2.45) is 7.05 Å². The molecule has 1 aromatic carbocycles. The highest BCUT2D eigenvalue weighted by molar-refractivity contribution is 6.30. The summed E-state index contributed by atoms with van der Waals surface area (Å²) in [6.07, 6.45) is 5.81. The first-order chi connectivity index (χ1) is 12.2. The lowest BCUT2D eigenvalue weighted by Gasteiger charge is -2.31. The molecule has 2 aromatic heterocycles. The molecule has 1 aliphatic rings. The molecule has 1 atom stereocenters. The minimum atomic E-state index is 0.406. The summed E-state index contributed by atoms with van der Waals surface area (Å²) < 4.78 is 7.94. The molecule has 0 spiro atoms. The molecule has 1 fully saturated rings. The number of nitrogens with zero attached hydrogens (tertiary/aromatic N) is 5. The number of rotatable bonds is 4. The standard InChI is InChI=1S/C18H20ClN5O/c1-23-12-21-22-18(23)14-5-3-7-24(10-14)11-17-20-9-16(25-17)13-4-2-6-15(19)8-13/h2,4,6,8-9,12,14H,3,5,7,10-11H2,1H3/t14-/m1/s1. The highest BCUT2D eigenvalue weighted by Crippen LogP contribution is 2.27. The topological polar surface area (TPSA) is 60.0 Å². The Labute approximate surface area is 151 Å². The van der Waals surface area contributed by atoms with Crippen LogP contribution < -0.4 is 0 Å². The van der Waals surface area contributed by atoms with Gasteiger partial charge in [-0.2, -0.15) is 0 Å². The zero-order valence-corrected chi connectivity index (χ0v) is 14.9. The molecular weight excluding hydrogens is 338 g/mol. The fourth-order valence-electron chi connectivity index (χ4n) is 3.42. The lowest BCUT2D eigenvalue weighted by Crippen LogP contribution is -2.34. The fourth-order valence-corrected chi connectivity index (χ4v) is 3.61. The van der Waals surface area contributed by atoms with Gasteiger partial charge in [-0.05, 0) is 31.5 Å². The van der Waals surface area contributed by atoms with E-state index in [1.54, 1.807) is 12.5 Å². The zero-order chi connectivity index (χ0) is 17.2. The summed E-state index contributed by atoms with van der Waals surface area (Å²) in [5, 5.41) is 8.96. The predicted molar refractivity (Wildman–Crippen MR) is 95.2 cm³/mol. The average Bonchev–Trinajstić information content (AvgIpc) is 3.24. The van der Waals surface area contributed by atoms with Crippen LogP contribution in [0.1, 0.15) is 30.5 Å². The Morgan fingerprint density at radius 1 is 1.36 bits per heavy atom. The SMILES string of the molecule is Cn1cnnc1[C@@H]1CCCN(Cc2ncc(-c3cccc(Cl)c3)o2)C1. The Morgan fingerprint density at radius 2 is 2.28 bits per heavy atom. The Morgan fingerprint density at radius 3 is 3.08 bits per heavy atom. The molecule has 0 saturated carbocycles. The summed E-state index contributed by atoms with van der Waals surface area (Å²) in [7, 11) is 2.00. The van der Waals surface area contributed by atoms with E-state index in [0.717, 1.165) is 49.0 Å². The van der Waals surface area contributed by atoms with Crippen molar-refractivity contribution in [2.75, 3.05) is 13.1 Å². The van der Waals surface area contributed by atoms with Gasteiger partial charge in [0, 0.05) is 30.1 Å². The maximum absolute atomic E-state index is 6.05. The number of halogens is 1. The molecule has 3 aromatic rings. The van der Waals surface area contributed by atoms with Crippen LogP contribution in [-0.4, -0.2) is 37.7 Å². The maximum Gasteiger partial charge on any atom is 0.209 e. The first kappa shape index (κ1) is 16.3. The van der Waals surface area contributed by atoms with Crippen molar-refractivity contribution in [1.82, 2.24) is 24.6 Å². The number of hydrogen-bond donors (Lipinski definition) is 0. The summed E-state index contributed by atoms with van der Waals surface area (Å²) in [6, 6.07) is 7.62. The molecule has 7 heteroatoms. The number of piperidine rings is 1. The van der Waals surface area contributed by atoms with Crippen LogP contribution in [0.4, 0.5) is 0 Å². The van der Waals surface area contributed by atoms with Crippen LogP contribution in [0.15, 0.2) is 41.2 Å². The van der Waals surface area contributed by atoms with Crippen LogP contribution in [0.5, 0.6) is 0 Å². The second-order valence-electron chi connectivity index (χ2n) is 6.50. The third-order valence-electron chi connectivity index (χ3n) is 4.64. The first-order valence-corrected chi connectivity index (χ1v) is 8.84. The molecule has 6 nitrogen and oxygen atoms in total. The van der Waals surface area contributed by atoms with Crippen molar-refractivity contribution >= 4 is 11.6 Å². The van der Waals surface area contributed by atoms with Gasteiger partial charge in [0.15, 0.2) is 5.76 Å². The molecule has 0 aliphatic carbocycles. The van der Waals surface area contributed by atoms with E-state index in [9.17, 15) is 0 Å². The van der Waals surface area contributed by atoms with Gasteiger partial charge < -0.3 is 8.98 Å². The molecule has 4 rings (SSSR count). The number of hydrogen-bond acceptors (Lipinski definition) is 5. The highest BCUT2D eigenvalue weighted by Gasteiger charge is 2.25. The third-order valence-corrected chi connectivity index (χ3v) is 4.87. The van der Waals surface area contributed by atoms with Gasteiger partial charge in [0.05, 0.1) is 12.7 Å². The lowest BCUT2D eigenvalue weighted by molar-refractivity contribution is 0.179. The molecule has 0 bridgehead atoms. The summed E-state index contributed by atoms with van der Waals surface area (Å²) in [5.74, 6) is 2.94. The molecule has 0 unspecified atom stereocenters. The minimum absolute atomic E-state index is 0.406. The maximum atomic E-state index is 6.05. The first-order valence-electron chi connectivity index (χ1n) is 8.46. The number of oxazole rings is 1. The average molecular weight is 358 g/mol. The van der Waals surface area contributed by atoms with E-state index in [-0.39, 0.29) is 0 Å². The van der Waals surface area contributed by atoms with Crippen molar-refractivity contribution in [3.05, 3.63) is 53.5 Å². The van der Waals surface area contributed by atoms with Crippen LogP contribution in [-0.2, 0) is 13.6 Å². The van der Waals surface area contributed by atoms with Crippen molar-refractivity contribution in [3.8, 4) is 11.3 Å². The van der Waals surface area contributed by atoms with Crippen molar-refractivity contribution in [1.29, 1.82) is 0 Å². The Bertz CT molecular complexity index is 859. The number of likely N-dealkylation sites (tertiary alicyclic amines) is 1. The highest BCUT2D eigenvalue weighted by atomic mass is 35.5. The van der Waals surface area contributed by atoms with E-state index in [4.69, 9.17) is 16.0 Å². The summed E-state index contributed by atoms with van der Waals surface area (Å²) in [5.41, 5.74) is 0.946. The van der Waals surface area contributed by atoms with Gasteiger partial charge in [-0.1, -0.05) is 23.7 Å². The van der Waals surface area contributed by atoms with Crippen molar-refractivity contribution in [3.63, 3.8) is 0 Å². The Balaban J connectivity index is 1.45. The molecule has 1 aliphatic heterocycles. The van der Waals surface area contributed by atoms with Gasteiger partial charge in [-0.15, -0.1) is 10.2 Å². The lowest BCUT2D eigenvalue weighted by atomic mass is 9.97. The van der Waals surface area contributed by atoms with Gasteiger partial charge >= 0.3 is 0 Å². The summed E-state index contributed by atoms with van der Waals surface area (Å²) in [4.78, 5) is 6.81.